The fourth-order valence-electron chi connectivity index (χ4n) is 2.76. The van der Waals surface area contributed by atoms with Gasteiger partial charge >= 0.3 is 0 Å². The van der Waals surface area contributed by atoms with Crippen molar-refractivity contribution in [2.75, 3.05) is 19.4 Å². The van der Waals surface area contributed by atoms with Crippen molar-refractivity contribution in [3.05, 3.63) is 64.7 Å². The van der Waals surface area contributed by atoms with Gasteiger partial charge in [0.05, 0.1) is 10.6 Å². The maximum absolute atomic E-state index is 12.9. The lowest BCUT2D eigenvalue weighted by Crippen LogP contribution is -2.37. The van der Waals surface area contributed by atoms with E-state index in [0.29, 0.717) is 23.2 Å². The zero-order valence-corrected chi connectivity index (χ0v) is 17.8. The Morgan fingerprint density at radius 1 is 1.03 bits per heavy atom. The van der Waals surface area contributed by atoms with E-state index in [2.05, 4.69) is 10.6 Å². The van der Waals surface area contributed by atoms with E-state index < -0.39 is 11.9 Å². The molecule has 0 aromatic heterocycles. The summed E-state index contributed by atoms with van der Waals surface area (Å²) in [6.45, 7) is 3.88. The van der Waals surface area contributed by atoms with Crippen molar-refractivity contribution in [2.45, 2.75) is 26.3 Å². The lowest BCUT2D eigenvalue weighted by molar-refractivity contribution is -0.127. The first-order chi connectivity index (χ1) is 13.7. The van der Waals surface area contributed by atoms with Gasteiger partial charge in [0.1, 0.15) is 6.04 Å². The molecule has 0 saturated heterocycles. The van der Waals surface area contributed by atoms with Crippen LogP contribution in [0.25, 0.3) is 0 Å². The summed E-state index contributed by atoms with van der Waals surface area (Å²) in [5.41, 5.74) is 1.46. The van der Waals surface area contributed by atoms with Crippen LogP contribution in [0.1, 0.15) is 42.2 Å². The monoisotopic (exact) mass is 415 g/mol. The standard InChI is InChI=1S/C22H26ClN3O3/c1-14(2)12-19(27)25-20(15-8-6-5-7-9-15)21(28)24-16-10-11-17(18(23)13-16)22(29)26(3)4/h5-11,13-14,20H,12H2,1-4H3,(H,24,28)(H,25,27). The van der Waals surface area contributed by atoms with Crippen molar-refractivity contribution in [2.24, 2.45) is 5.92 Å². The number of halogens is 1. The molecule has 1 atom stereocenters. The molecule has 29 heavy (non-hydrogen) atoms. The molecule has 0 heterocycles. The number of amides is 3. The minimum absolute atomic E-state index is 0.176. The van der Waals surface area contributed by atoms with Crippen LogP contribution >= 0.6 is 11.6 Å². The first kappa shape index (κ1) is 22.4. The molecule has 0 aliphatic heterocycles. The molecule has 0 aliphatic rings. The highest BCUT2D eigenvalue weighted by Crippen LogP contribution is 2.23. The zero-order valence-electron chi connectivity index (χ0n) is 17.0. The predicted octanol–water partition coefficient (Wildman–Crippen LogP) is 3.88. The fourth-order valence-corrected chi connectivity index (χ4v) is 3.02. The fraction of sp³-hybridized carbons (Fsp3) is 0.318. The van der Waals surface area contributed by atoms with Gasteiger partial charge in [0.2, 0.25) is 5.91 Å². The molecule has 154 valence electrons. The van der Waals surface area contributed by atoms with Crippen LogP contribution in [0.3, 0.4) is 0 Å². The van der Waals surface area contributed by atoms with Crippen molar-refractivity contribution in [3.8, 4) is 0 Å². The van der Waals surface area contributed by atoms with E-state index in [4.69, 9.17) is 11.6 Å². The number of carbonyl (C=O) groups is 3. The molecule has 2 N–H and O–H groups in total. The average molecular weight is 416 g/mol. The molecule has 2 aromatic carbocycles. The topological polar surface area (TPSA) is 78.5 Å². The summed E-state index contributed by atoms with van der Waals surface area (Å²) in [5, 5.41) is 5.81. The first-order valence-electron chi connectivity index (χ1n) is 9.35. The Balaban J connectivity index is 2.22. The quantitative estimate of drug-likeness (QED) is 0.720. The Bertz CT molecular complexity index is 882. The number of anilines is 1. The maximum atomic E-state index is 12.9. The molecule has 3 amide bonds. The van der Waals surface area contributed by atoms with Crippen LogP contribution in [0.15, 0.2) is 48.5 Å². The van der Waals surface area contributed by atoms with Gasteiger partial charge in [-0.05, 0) is 29.7 Å². The van der Waals surface area contributed by atoms with E-state index in [1.54, 1.807) is 38.4 Å². The number of carbonyl (C=O) groups excluding carboxylic acids is 3. The highest BCUT2D eigenvalue weighted by Gasteiger charge is 2.23. The SMILES string of the molecule is CC(C)CC(=O)NC(C(=O)Nc1ccc(C(=O)N(C)C)c(Cl)c1)c1ccccc1. The second-order valence-corrected chi connectivity index (χ2v) is 7.80. The maximum Gasteiger partial charge on any atom is 0.254 e. The van der Waals surface area contributed by atoms with Gasteiger partial charge < -0.3 is 15.5 Å². The van der Waals surface area contributed by atoms with Crippen LogP contribution in [0, 0.1) is 5.92 Å². The largest absolute Gasteiger partial charge is 0.345 e. The van der Waals surface area contributed by atoms with Crippen LogP contribution in [0.2, 0.25) is 5.02 Å². The summed E-state index contributed by atoms with van der Waals surface area (Å²) >= 11 is 6.22. The second-order valence-electron chi connectivity index (χ2n) is 7.39. The molecule has 0 saturated carbocycles. The van der Waals surface area contributed by atoms with E-state index >= 15 is 0 Å². The molecule has 2 aromatic rings. The lowest BCUT2D eigenvalue weighted by Gasteiger charge is -2.20. The van der Waals surface area contributed by atoms with E-state index in [9.17, 15) is 14.4 Å². The van der Waals surface area contributed by atoms with Crippen molar-refractivity contribution in [3.63, 3.8) is 0 Å². The van der Waals surface area contributed by atoms with Gasteiger partial charge in [0.25, 0.3) is 11.8 Å². The van der Waals surface area contributed by atoms with E-state index in [1.165, 1.54) is 11.0 Å². The van der Waals surface area contributed by atoms with Crippen molar-refractivity contribution in [1.82, 2.24) is 10.2 Å². The highest BCUT2D eigenvalue weighted by atomic mass is 35.5. The van der Waals surface area contributed by atoms with Crippen LogP contribution in [-0.4, -0.2) is 36.7 Å². The third kappa shape index (κ3) is 6.32. The molecule has 0 radical (unpaired) electrons. The van der Waals surface area contributed by atoms with Gasteiger partial charge in [-0.1, -0.05) is 55.8 Å². The summed E-state index contributed by atoms with van der Waals surface area (Å²) < 4.78 is 0. The molecule has 6 nitrogen and oxygen atoms in total. The molecular weight excluding hydrogens is 390 g/mol. The third-order valence-corrected chi connectivity index (χ3v) is 4.48. The molecule has 0 bridgehead atoms. The highest BCUT2D eigenvalue weighted by molar-refractivity contribution is 6.34. The number of hydrogen-bond donors (Lipinski definition) is 2. The molecule has 0 fully saturated rings. The smallest absolute Gasteiger partial charge is 0.254 e. The van der Waals surface area contributed by atoms with Crippen molar-refractivity contribution < 1.29 is 14.4 Å². The summed E-state index contributed by atoms with van der Waals surface area (Å²) in [6, 6.07) is 12.9. The summed E-state index contributed by atoms with van der Waals surface area (Å²) in [5.74, 6) is -0.643. The summed E-state index contributed by atoms with van der Waals surface area (Å²) in [4.78, 5) is 38.7. The lowest BCUT2D eigenvalue weighted by atomic mass is 10.0. The Morgan fingerprint density at radius 3 is 2.24 bits per heavy atom. The van der Waals surface area contributed by atoms with E-state index in [0.717, 1.165) is 0 Å². The number of rotatable bonds is 7. The van der Waals surface area contributed by atoms with Gasteiger partial charge in [-0.15, -0.1) is 0 Å². The first-order valence-corrected chi connectivity index (χ1v) is 9.73. The van der Waals surface area contributed by atoms with Crippen LogP contribution in [-0.2, 0) is 9.59 Å². The van der Waals surface area contributed by atoms with E-state index in [1.807, 2.05) is 32.0 Å². The summed E-state index contributed by atoms with van der Waals surface area (Å²) in [6.07, 6.45) is 0.323. The van der Waals surface area contributed by atoms with Crippen LogP contribution < -0.4 is 10.6 Å². The van der Waals surface area contributed by atoms with Gasteiger partial charge in [0.15, 0.2) is 0 Å². The third-order valence-electron chi connectivity index (χ3n) is 4.17. The summed E-state index contributed by atoms with van der Waals surface area (Å²) in [7, 11) is 3.28. The minimum Gasteiger partial charge on any atom is -0.345 e. The molecule has 2 rings (SSSR count). The Labute approximate surface area is 176 Å². The van der Waals surface area contributed by atoms with Crippen LogP contribution in [0.4, 0.5) is 5.69 Å². The predicted molar refractivity (Wildman–Crippen MR) is 115 cm³/mol. The number of benzene rings is 2. The number of hydrogen-bond acceptors (Lipinski definition) is 3. The Kier molecular flexibility index (Phi) is 7.79. The van der Waals surface area contributed by atoms with Gasteiger partial charge in [-0.25, -0.2) is 0 Å². The molecule has 0 spiro atoms. The van der Waals surface area contributed by atoms with Crippen molar-refractivity contribution >= 4 is 35.0 Å². The van der Waals surface area contributed by atoms with E-state index in [-0.39, 0.29) is 22.8 Å². The van der Waals surface area contributed by atoms with Crippen LogP contribution in [0.5, 0.6) is 0 Å². The normalized spacial score (nSPS) is 11.7. The number of nitrogens with one attached hydrogen (secondary N) is 2. The molecule has 1 unspecified atom stereocenters. The number of nitrogens with zero attached hydrogens (tertiary/aromatic N) is 1. The molecular formula is C22H26ClN3O3. The van der Waals surface area contributed by atoms with Gasteiger partial charge in [-0.2, -0.15) is 0 Å². The zero-order chi connectivity index (χ0) is 21.6. The molecule has 0 aliphatic carbocycles. The Hall–Kier alpha value is -2.86. The minimum atomic E-state index is -0.843. The average Bonchev–Trinajstić information content (AvgIpc) is 2.65. The Morgan fingerprint density at radius 2 is 1.69 bits per heavy atom. The van der Waals surface area contributed by atoms with Gasteiger partial charge in [0, 0.05) is 26.2 Å². The van der Waals surface area contributed by atoms with Gasteiger partial charge in [-0.3, -0.25) is 14.4 Å². The molecule has 7 heteroatoms. The second kappa shape index (κ2) is 10.1. The van der Waals surface area contributed by atoms with Crippen molar-refractivity contribution in [1.29, 1.82) is 0 Å².